The van der Waals surface area contributed by atoms with Gasteiger partial charge >= 0.3 is 0 Å². The third-order valence-corrected chi connectivity index (χ3v) is 3.67. The summed E-state index contributed by atoms with van der Waals surface area (Å²) in [6, 6.07) is 15.2. The number of rotatable bonds is 6. The molecule has 6 heteroatoms. The van der Waals surface area contributed by atoms with Crippen LogP contribution in [0.4, 0.5) is 0 Å². The molecule has 0 spiro atoms. The van der Waals surface area contributed by atoms with Crippen LogP contribution in [-0.2, 0) is 17.8 Å². The fraction of sp³-hybridized carbons (Fsp3) is 0.211. The lowest BCUT2D eigenvalue weighted by atomic mass is 10.1. The molecule has 1 aromatic heterocycles. The second kappa shape index (κ2) is 7.61. The maximum Gasteiger partial charge on any atom is 0.247 e. The highest BCUT2D eigenvalue weighted by molar-refractivity contribution is 5.78. The predicted molar refractivity (Wildman–Crippen MR) is 93.0 cm³/mol. The van der Waals surface area contributed by atoms with Crippen molar-refractivity contribution in [2.45, 2.75) is 19.9 Å². The molecular formula is C19H19N3O3. The van der Waals surface area contributed by atoms with Gasteiger partial charge in [0.1, 0.15) is 5.75 Å². The number of ether oxygens (including phenoxy) is 1. The molecular weight excluding hydrogens is 318 g/mol. The van der Waals surface area contributed by atoms with Crippen LogP contribution in [0.25, 0.3) is 11.5 Å². The second-order valence-electron chi connectivity index (χ2n) is 5.68. The number of carbonyl (C=O) groups excluding carboxylic acids is 1. The normalized spacial score (nSPS) is 10.5. The highest BCUT2D eigenvalue weighted by Crippen LogP contribution is 2.22. The molecule has 0 unspecified atom stereocenters. The third-order valence-electron chi connectivity index (χ3n) is 3.67. The number of aromatic nitrogens is 2. The standard InChI is InChI=1S/C19H19N3O3/c1-13-5-3-6-14(9-13)10-17(23)20-12-18-21-22-19(25-18)15-7-4-8-16(11-15)24-2/h3-9,11H,10,12H2,1-2H3,(H,20,23). The van der Waals surface area contributed by atoms with E-state index >= 15 is 0 Å². The maximum absolute atomic E-state index is 12.0. The van der Waals surface area contributed by atoms with Crippen LogP contribution >= 0.6 is 0 Å². The molecule has 1 heterocycles. The van der Waals surface area contributed by atoms with E-state index in [1.54, 1.807) is 7.11 Å². The Morgan fingerprint density at radius 3 is 2.80 bits per heavy atom. The molecule has 3 rings (SSSR count). The van der Waals surface area contributed by atoms with Gasteiger partial charge in [0, 0.05) is 5.56 Å². The number of nitrogens with zero attached hydrogens (tertiary/aromatic N) is 2. The first kappa shape index (κ1) is 16.7. The molecule has 0 aliphatic heterocycles. The number of methoxy groups -OCH3 is 1. The van der Waals surface area contributed by atoms with Gasteiger partial charge in [-0.25, -0.2) is 0 Å². The van der Waals surface area contributed by atoms with Gasteiger partial charge in [-0.2, -0.15) is 0 Å². The van der Waals surface area contributed by atoms with E-state index in [2.05, 4.69) is 15.5 Å². The van der Waals surface area contributed by atoms with E-state index in [0.717, 1.165) is 16.7 Å². The van der Waals surface area contributed by atoms with Crippen LogP contribution in [0.1, 0.15) is 17.0 Å². The van der Waals surface area contributed by atoms with Crippen molar-refractivity contribution in [3.05, 3.63) is 65.5 Å². The van der Waals surface area contributed by atoms with Crippen molar-refractivity contribution in [2.75, 3.05) is 7.11 Å². The van der Waals surface area contributed by atoms with Crippen molar-refractivity contribution in [3.63, 3.8) is 0 Å². The molecule has 0 aliphatic rings. The smallest absolute Gasteiger partial charge is 0.247 e. The quantitative estimate of drug-likeness (QED) is 0.748. The van der Waals surface area contributed by atoms with Crippen molar-refractivity contribution in [1.82, 2.24) is 15.5 Å². The summed E-state index contributed by atoms with van der Waals surface area (Å²) in [5, 5.41) is 10.8. The first-order valence-corrected chi connectivity index (χ1v) is 7.93. The Bertz CT molecular complexity index is 874. The van der Waals surface area contributed by atoms with Gasteiger partial charge in [0.05, 0.1) is 20.1 Å². The van der Waals surface area contributed by atoms with Crippen LogP contribution in [0.15, 0.2) is 52.9 Å². The lowest BCUT2D eigenvalue weighted by Gasteiger charge is -2.03. The first-order chi connectivity index (χ1) is 12.1. The minimum Gasteiger partial charge on any atom is -0.497 e. The summed E-state index contributed by atoms with van der Waals surface area (Å²) >= 11 is 0. The number of aryl methyl sites for hydroxylation is 1. The second-order valence-corrected chi connectivity index (χ2v) is 5.68. The molecule has 25 heavy (non-hydrogen) atoms. The highest BCUT2D eigenvalue weighted by atomic mass is 16.5. The van der Waals surface area contributed by atoms with Gasteiger partial charge in [-0.05, 0) is 30.7 Å². The van der Waals surface area contributed by atoms with Crippen LogP contribution in [0, 0.1) is 6.92 Å². The molecule has 6 nitrogen and oxygen atoms in total. The summed E-state index contributed by atoms with van der Waals surface area (Å²) in [6.45, 7) is 2.20. The van der Waals surface area contributed by atoms with Gasteiger partial charge in [0.25, 0.3) is 0 Å². The number of hydrogen-bond acceptors (Lipinski definition) is 5. The van der Waals surface area contributed by atoms with Crippen molar-refractivity contribution in [2.24, 2.45) is 0 Å². The number of benzene rings is 2. The molecule has 1 N–H and O–H groups in total. The van der Waals surface area contributed by atoms with Crippen LogP contribution in [-0.4, -0.2) is 23.2 Å². The molecule has 2 aromatic carbocycles. The Balaban J connectivity index is 1.59. The number of hydrogen-bond donors (Lipinski definition) is 1. The SMILES string of the molecule is COc1cccc(-c2nnc(CNC(=O)Cc3cccc(C)c3)o2)c1. The predicted octanol–water partition coefficient (Wildman–Crippen LogP) is 2.91. The van der Waals surface area contributed by atoms with E-state index in [0.29, 0.717) is 24.0 Å². The molecule has 3 aromatic rings. The minimum atomic E-state index is -0.0910. The van der Waals surface area contributed by atoms with E-state index in [4.69, 9.17) is 9.15 Å². The van der Waals surface area contributed by atoms with Crippen molar-refractivity contribution in [3.8, 4) is 17.2 Å². The number of nitrogens with one attached hydrogen (secondary N) is 1. The van der Waals surface area contributed by atoms with Gasteiger partial charge in [-0.15, -0.1) is 10.2 Å². The minimum absolute atomic E-state index is 0.0910. The molecule has 0 fully saturated rings. The summed E-state index contributed by atoms with van der Waals surface area (Å²) in [6.07, 6.45) is 0.318. The fourth-order valence-electron chi connectivity index (χ4n) is 2.44. The van der Waals surface area contributed by atoms with E-state index in [1.807, 2.05) is 55.5 Å². The van der Waals surface area contributed by atoms with Crippen molar-refractivity contribution >= 4 is 5.91 Å². The molecule has 0 bridgehead atoms. The zero-order valence-corrected chi connectivity index (χ0v) is 14.2. The molecule has 0 atom stereocenters. The van der Waals surface area contributed by atoms with Gasteiger partial charge in [-0.1, -0.05) is 35.9 Å². The Kier molecular flexibility index (Phi) is 5.09. The zero-order chi connectivity index (χ0) is 17.6. The summed E-state index contributed by atoms with van der Waals surface area (Å²) in [4.78, 5) is 12.0. The van der Waals surface area contributed by atoms with E-state index in [9.17, 15) is 4.79 Å². The summed E-state index contributed by atoms with van der Waals surface area (Å²) in [5.41, 5.74) is 2.87. The average molecular weight is 337 g/mol. The topological polar surface area (TPSA) is 77.3 Å². The van der Waals surface area contributed by atoms with Gasteiger partial charge in [0.2, 0.25) is 17.7 Å². The van der Waals surface area contributed by atoms with E-state index in [1.165, 1.54) is 0 Å². The van der Waals surface area contributed by atoms with Crippen molar-refractivity contribution in [1.29, 1.82) is 0 Å². The first-order valence-electron chi connectivity index (χ1n) is 7.93. The molecule has 1 amide bonds. The maximum atomic E-state index is 12.0. The molecule has 128 valence electrons. The lowest BCUT2D eigenvalue weighted by Crippen LogP contribution is -2.24. The van der Waals surface area contributed by atoms with Crippen LogP contribution in [0.2, 0.25) is 0 Å². The third kappa shape index (κ3) is 4.44. The molecule has 0 saturated carbocycles. The molecule has 0 aliphatic carbocycles. The van der Waals surface area contributed by atoms with Gasteiger partial charge in [-0.3, -0.25) is 4.79 Å². The summed E-state index contributed by atoms with van der Waals surface area (Å²) in [5.74, 6) is 1.37. The zero-order valence-electron chi connectivity index (χ0n) is 14.2. The Labute approximate surface area is 145 Å². The Morgan fingerprint density at radius 2 is 2.00 bits per heavy atom. The largest absolute Gasteiger partial charge is 0.497 e. The Morgan fingerprint density at radius 1 is 1.16 bits per heavy atom. The number of amides is 1. The summed E-state index contributed by atoms with van der Waals surface area (Å²) < 4.78 is 10.8. The summed E-state index contributed by atoms with van der Waals surface area (Å²) in [7, 11) is 1.60. The van der Waals surface area contributed by atoms with Crippen LogP contribution < -0.4 is 10.1 Å². The lowest BCUT2D eigenvalue weighted by molar-refractivity contribution is -0.120. The van der Waals surface area contributed by atoms with E-state index in [-0.39, 0.29) is 12.5 Å². The molecule has 0 radical (unpaired) electrons. The monoisotopic (exact) mass is 337 g/mol. The van der Waals surface area contributed by atoms with Gasteiger partial charge in [0.15, 0.2) is 0 Å². The Hall–Kier alpha value is -3.15. The van der Waals surface area contributed by atoms with Crippen molar-refractivity contribution < 1.29 is 13.9 Å². The average Bonchev–Trinajstić information content (AvgIpc) is 3.09. The fourth-order valence-corrected chi connectivity index (χ4v) is 2.44. The molecule has 0 saturated heterocycles. The van der Waals surface area contributed by atoms with Gasteiger partial charge < -0.3 is 14.5 Å². The van der Waals surface area contributed by atoms with Crippen LogP contribution in [0.5, 0.6) is 5.75 Å². The highest BCUT2D eigenvalue weighted by Gasteiger charge is 2.11. The van der Waals surface area contributed by atoms with Crippen LogP contribution in [0.3, 0.4) is 0 Å². The number of carbonyl (C=O) groups is 1. The van der Waals surface area contributed by atoms with E-state index < -0.39 is 0 Å².